The van der Waals surface area contributed by atoms with Crippen molar-refractivity contribution >= 4 is 5.91 Å². The first-order valence-electron chi connectivity index (χ1n) is 7.92. The van der Waals surface area contributed by atoms with Crippen LogP contribution in [0.1, 0.15) is 31.9 Å². The zero-order valence-corrected chi connectivity index (χ0v) is 13.4. The molecule has 0 aliphatic carbocycles. The number of rotatable bonds is 6. The van der Waals surface area contributed by atoms with Gasteiger partial charge < -0.3 is 15.2 Å². The van der Waals surface area contributed by atoms with E-state index in [1.807, 2.05) is 37.3 Å². The third kappa shape index (κ3) is 4.80. The number of carbonyl (C=O) groups is 1. The predicted molar refractivity (Wildman–Crippen MR) is 85.5 cm³/mol. The first kappa shape index (κ1) is 16.9. The summed E-state index contributed by atoms with van der Waals surface area (Å²) in [4.78, 5) is 14.4. The molecule has 0 aromatic heterocycles. The van der Waals surface area contributed by atoms with Crippen LogP contribution in [0.2, 0.25) is 0 Å². The van der Waals surface area contributed by atoms with Crippen molar-refractivity contribution in [3.05, 3.63) is 35.9 Å². The summed E-state index contributed by atoms with van der Waals surface area (Å²) in [7, 11) is 0. The van der Waals surface area contributed by atoms with E-state index in [1.54, 1.807) is 0 Å². The lowest BCUT2D eigenvalue weighted by Gasteiger charge is -2.36. The summed E-state index contributed by atoms with van der Waals surface area (Å²) in [6.45, 7) is 7.41. The predicted octanol–water partition coefficient (Wildman–Crippen LogP) is 1.34. The Balaban J connectivity index is 1.80. The van der Waals surface area contributed by atoms with Crippen LogP contribution in [-0.2, 0) is 9.53 Å². The number of nitrogens with one attached hydrogen (secondary N) is 1. The molecule has 3 atom stereocenters. The monoisotopic (exact) mass is 306 g/mol. The molecule has 1 saturated heterocycles. The van der Waals surface area contributed by atoms with E-state index >= 15 is 0 Å². The molecule has 122 valence electrons. The fourth-order valence-corrected chi connectivity index (χ4v) is 2.70. The van der Waals surface area contributed by atoms with Gasteiger partial charge in [0, 0.05) is 25.2 Å². The topological polar surface area (TPSA) is 61.8 Å². The number of nitrogens with zero attached hydrogens (tertiary/aromatic N) is 1. The molecule has 3 unspecified atom stereocenters. The first-order valence-corrected chi connectivity index (χ1v) is 7.92. The Bertz CT molecular complexity index is 460. The molecule has 0 spiro atoms. The van der Waals surface area contributed by atoms with Gasteiger partial charge in [-0.2, -0.15) is 0 Å². The smallest absolute Gasteiger partial charge is 0.223 e. The number of morpholine rings is 1. The van der Waals surface area contributed by atoms with Crippen LogP contribution in [0, 0.1) is 0 Å². The highest BCUT2D eigenvalue weighted by atomic mass is 16.5. The largest absolute Gasteiger partial charge is 0.388 e. The van der Waals surface area contributed by atoms with Crippen LogP contribution >= 0.6 is 0 Å². The van der Waals surface area contributed by atoms with Crippen molar-refractivity contribution in [1.82, 2.24) is 10.2 Å². The van der Waals surface area contributed by atoms with Crippen molar-refractivity contribution in [1.29, 1.82) is 0 Å². The molecule has 1 fully saturated rings. The Hall–Kier alpha value is -1.43. The standard InChI is InChI=1S/C17H26N2O3/c1-13(14(2)19-8-10-22-11-9-19)18-17(21)12-16(20)15-6-4-3-5-7-15/h3-7,13-14,16,20H,8-12H2,1-2H3,(H,18,21). The molecule has 2 rings (SSSR count). The molecule has 5 heteroatoms. The third-order valence-corrected chi connectivity index (χ3v) is 4.30. The Kier molecular flexibility index (Phi) is 6.36. The number of amides is 1. The minimum Gasteiger partial charge on any atom is -0.388 e. The van der Waals surface area contributed by atoms with E-state index in [0.29, 0.717) is 0 Å². The van der Waals surface area contributed by atoms with Gasteiger partial charge in [-0.05, 0) is 19.4 Å². The summed E-state index contributed by atoms with van der Waals surface area (Å²) in [6.07, 6.45) is -0.670. The Morgan fingerprint density at radius 2 is 1.91 bits per heavy atom. The highest BCUT2D eigenvalue weighted by Gasteiger charge is 2.24. The minimum absolute atomic E-state index is 0.0357. The molecular formula is C17H26N2O3. The summed E-state index contributed by atoms with van der Waals surface area (Å²) in [5.41, 5.74) is 0.770. The average molecular weight is 306 g/mol. The van der Waals surface area contributed by atoms with Crippen molar-refractivity contribution in [3.63, 3.8) is 0 Å². The van der Waals surface area contributed by atoms with Crippen molar-refractivity contribution < 1.29 is 14.6 Å². The second kappa shape index (κ2) is 8.27. The molecule has 0 radical (unpaired) electrons. The van der Waals surface area contributed by atoms with Gasteiger partial charge in [-0.3, -0.25) is 9.69 Å². The van der Waals surface area contributed by atoms with Crippen LogP contribution < -0.4 is 5.32 Å². The molecule has 5 nitrogen and oxygen atoms in total. The van der Waals surface area contributed by atoms with Crippen LogP contribution in [0.3, 0.4) is 0 Å². The van der Waals surface area contributed by atoms with Crippen LogP contribution in [0.5, 0.6) is 0 Å². The Morgan fingerprint density at radius 3 is 2.55 bits per heavy atom. The Morgan fingerprint density at radius 1 is 1.27 bits per heavy atom. The number of carbonyl (C=O) groups excluding carboxylic acids is 1. The molecule has 0 saturated carbocycles. The zero-order chi connectivity index (χ0) is 15.9. The zero-order valence-electron chi connectivity index (χ0n) is 13.4. The molecule has 1 amide bonds. The summed E-state index contributed by atoms with van der Waals surface area (Å²) in [5, 5.41) is 13.1. The maximum atomic E-state index is 12.1. The van der Waals surface area contributed by atoms with E-state index in [0.717, 1.165) is 31.9 Å². The lowest BCUT2D eigenvalue weighted by molar-refractivity contribution is -0.124. The number of aliphatic hydroxyl groups is 1. The van der Waals surface area contributed by atoms with E-state index < -0.39 is 6.10 Å². The van der Waals surface area contributed by atoms with E-state index in [9.17, 15) is 9.90 Å². The number of aliphatic hydroxyl groups excluding tert-OH is 1. The van der Waals surface area contributed by atoms with Crippen LogP contribution in [0.4, 0.5) is 0 Å². The lowest BCUT2D eigenvalue weighted by atomic mass is 10.1. The van der Waals surface area contributed by atoms with E-state index in [2.05, 4.69) is 17.1 Å². The van der Waals surface area contributed by atoms with Crippen LogP contribution in [0.15, 0.2) is 30.3 Å². The van der Waals surface area contributed by atoms with Gasteiger partial charge in [-0.15, -0.1) is 0 Å². The van der Waals surface area contributed by atoms with Crippen molar-refractivity contribution in [2.75, 3.05) is 26.3 Å². The lowest BCUT2D eigenvalue weighted by Crippen LogP contribution is -2.52. The van der Waals surface area contributed by atoms with Gasteiger partial charge in [0.05, 0.1) is 25.7 Å². The summed E-state index contributed by atoms with van der Waals surface area (Å²) >= 11 is 0. The molecular weight excluding hydrogens is 280 g/mol. The van der Waals surface area contributed by atoms with Gasteiger partial charge in [0.15, 0.2) is 0 Å². The quantitative estimate of drug-likeness (QED) is 0.832. The fourth-order valence-electron chi connectivity index (χ4n) is 2.70. The third-order valence-electron chi connectivity index (χ3n) is 4.30. The first-order chi connectivity index (χ1) is 10.6. The van der Waals surface area contributed by atoms with Crippen LogP contribution in [0.25, 0.3) is 0 Å². The highest BCUT2D eigenvalue weighted by molar-refractivity contribution is 5.77. The number of hydrogen-bond acceptors (Lipinski definition) is 4. The van der Waals surface area contributed by atoms with Gasteiger partial charge in [-0.25, -0.2) is 0 Å². The average Bonchev–Trinajstić information content (AvgIpc) is 2.55. The van der Waals surface area contributed by atoms with Gasteiger partial charge in [0.25, 0.3) is 0 Å². The maximum Gasteiger partial charge on any atom is 0.223 e. The molecule has 2 N–H and O–H groups in total. The van der Waals surface area contributed by atoms with E-state index in [1.165, 1.54) is 0 Å². The highest BCUT2D eigenvalue weighted by Crippen LogP contribution is 2.16. The maximum absolute atomic E-state index is 12.1. The van der Waals surface area contributed by atoms with Crippen LogP contribution in [-0.4, -0.2) is 54.3 Å². The molecule has 1 aromatic carbocycles. The molecule has 22 heavy (non-hydrogen) atoms. The van der Waals surface area contributed by atoms with Crippen molar-refractivity contribution in [3.8, 4) is 0 Å². The van der Waals surface area contributed by atoms with Gasteiger partial charge >= 0.3 is 0 Å². The molecule has 1 aliphatic rings. The number of benzene rings is 1. The number of hydrogen-bond donors (Lipinski definition) is 2. The second-order valence-electron chi connectivity index (χ2n) is 5.88. The van der Waals surface area contributed by atoms with E-state index in [4.69, 9.17) is 4.74 Å². The molecule has 1 heterocycles. The second-order valence-corrected chi connectivity index (χ2v) is 5.88. The molecule has 1 aromatic rings. The van der Waals surface area contributed by atoms with Gasteiger partial charge in [-0.1, -0.05) is 30.3 Å². The van der Waals surface area contributed by atoms with E-state index in [-0.39, 0.29) is 24.4 Å². The summed E-state index contributed by atoms with van der Waals surface area (Å²) < 4.78 is 5.35. The summed E-state index contributed by atoms with van der Waals surface area (Å²) in [5.74, 6) is -0.121. The molecule has 1 aliphatic heterocycles. The van der Waals surface area contributed by atoms with Crippen molar-refractivity contribution in [2.45, 2.75) is 38.5 Å². The fraction of sp³-hybridized carbons (Fsp3) is 0.588. The normalized spacial score (nSPS) is 20.1. The molecule has 0 bridgehead atoms. The number of ether oxygens (including phenoxy) is 1. The van der Waals surface area contributed by atoms with Crippen molar-refractivity contribution in [2.24, 2.45) is 0 Å². The van der Waals surface area contributed by atoms with Gasteiger partial charge in [0.1, 0.15) is 0 Å². The SMILES string of the molecule is CC(NC(=O)CC(O)c1ccccc1)C(C)N1CCOCC1. The minimum atomic E-state index is -0.757. The summed E-state index contributed by atoms with van der Waals surface area (Å²) in [6, 6.07) is 9.56. The Labute approximate surface area is 132 Å². The van der Waals surface area contributed by atoms with Gasteiger partial charge in [0.2, 0.25) is 5.91 Å².